The third-order valence-corrected chi connectivity index (χ3v) is 7.95. The number of benzene rings is 2. The number of aliphatic hydroxyl groups excluding tert-OH is 3. The molecule has 2 aromatic rings. The van der Waals surface area contributed by atoms with Gasteiger partial charge in [0.2, 0.25) is 41.1 Å². The standard InChI is InChI=1S/C34H45F5N6O12S/c35-24-25(36)27(38)32(28(39)26(24)37)57-23(46)6-10-51-11-8-41-17-20(45-40)18-54-16-15-53-14-13-52-12-9-42-34(58)44-19-1-3-21(4-2-19)55-33-31(49)30(48)29(47)22(56-33)5-7-43-50/h1-4,17,22,29-31,33,43,47-50H,5-16,18,40H2,(H2,42,44,58)/b41-17?,45-20+/t22?,29-,30?,31?,33+/m1/s1. The molecule has 0 bridgehead atoms. The summed E-state index contributed by atoms with van der Waals surface area (Å²) < 4.78 is 104. The number of rotatable bonds is 25. The van der Waals surface area contributed by atoms with Crippen LogP contribution in [0.4, 0.5) is 27.6 Å². The molecule has 0 amide bonds. The summed E-state index contributed by atoms with van der Waals surface area (Å²) in [7, 11) is 0. The lowest BCUT2D eigenvalue weighted by molar-refractivity contribution is -0.273. The summed E-state index contributed by atoms with van der Waals surface area (Å²) in [6, 6.07) is 6.55. The second-order valence-electron chi connectivity index (χ2n) is 11.9. The molecule has 1 aliphatic rings. The Morgan fingerprint density at radius 3 is 2.10 bits per heavy atom. The monoisotopic (exact) mass is 856 g/mol. The van der Waals surface area contributed by atoms with E-state index in [-0.39, 0.29) is 52.5 Å². The molecular weight excluding hydrogens is 811 g/mol. The number of hydroxylamine groups is 1. The van der Waals surface area contributed by atoms with Gasteiger partial charge in [-0.15, -0.1) is 0 Å². The Kier molecular flexibility index (Phi) is 21.6. The zero-order valence-corrected chi connectivity index (χ0v) is 31.6. The first-order valence-electron chi connectivity index (χ1n) is 17.6. The van der Waals surface area contributed by atoms with Gasteiger partial charge in [-0.25, -0.2) is 18.7 Å². The summed E-state index contributed by atoms with van der Waals surface area (Å²) in [6.45, 7) is 1.81. The van der Waals surface area contributed by atoms with E-state index in [0.717, 1.165) is 0 Å². The van der Waals surface area contributed by atoms with Gasteiger partial charge in [-0.05, 0) is 42.9 Å². The van der Waals surface area contributed by atoms with Gasteiger partial charge in [0.1, 0.15) is 29.8 Å². The number of nitrogens with two attached hydrogens (primary N) is 1. The first kappa shape index (κ1) is 48.2. The molecule has 18 nitrogen and oxygen atoms in total. The fourth-order valence-corrected chi connectivity index (χ4v) is 4.95. The van der Waals surface area contributed by atoms with E-state index in [4.69, 9.17) is 51.7 Å². The maximum Gasteiger partial charge on any atom is 0.313 e. The molecule has 1 aliphatic heterocycles. The van der Waals surface area contributed by atoms with Crippen molar-refractivity contribution in [2.24, 2.45) is 15.9 Å². The van der Waals surface area contributed by atoms with Crippen LogP contribution in [0.1, 0.15) is 12.8 Å². The van der Waals surface area contributed by atoms with Gasteiger partial charge < -0.3 is 70.2 Å². The highest BCUT2D eigenvalue weighted by Gasteiger charge is 2.44. The van der Waals surface area contributed by atoms with Crippen molar-refractivity contribution in [2.45, 2.75) is 43.5 Å². The van der Waals surface area contributed by atoms with Crippen molar-refractivity contribution in [2.75, 3.05) is 77.8 Å². The van der Waals surface area contributed by atoms with Crippen molar-refractivity contribution < 1.29 is 80.4 Å². The number of ether oxygens (including phenoxy) is 7. The van der Waals surface area contributed by atoms with Crippen LogP contribution in [0.25, 0.3) is 0 Å². The van der Waals surface area contributed by atoms with Gasteiger partial charge in [0.25, 0.3) is 0 Å². The molecule has 0 saturated carbocycles. The lowest BCUT2D eigenvalue weighted by Crippen LogP contribution is -2.59. The first-order valence-corrected chi connectivity index (χ1v) is 18.0. The fraction of sp³-hybridized carbons (Fsp3) is 0.529. The topological polar surface area (TPSA) is 249 Å². The minimum atomic E-state index is -2.37. The average molecular weight is 857 g/mol. The molecule has 0 radical (unpaired) electrons. The predicted octanol–water partition coefficient (Wildman–Crippen LogP) is 0.671. The molecule has 3 rings (SSSR count). The zero-order valence-electron chi connectivity index (χ0n) is 30.8. The molecule has 24 heteroatoms. The molecule has 324 valence electrons. The molecule has 9 N–H and O–H groups in total. The van der Waals surface area contributed by atoms with Crippen LogP contribution >= 0.6 is 12.2 Å². The summed E-state index contributed by atoms with van der Waals surface area (Å²) in [5, 5.41) is 49.2. The second kappa shape index (κ2) is 26.0. The Bertz CT molecular complexity index is 1630. The number of thiocarbonyl (C=S) groups is 1. The number of aliphatic hydroxyl groups is 3. The van der Waals surface area contributed by atoms with E-state index >= 15 is 0 Å². The van der Waals surface area contributed by atoms with Gasteiger partial charge in [0.05, 0.1) is 71.9 Å². The number of aliphatic imine (C=N–C) groups is 1. The average Bonchev–Trinajstić information content (AvgIpc) is 3.22. The van der Waals surface area contributed by atoms with E-state index in [2.05, 4.69) is 25.5 Å². The lowest BCUT2D eigenvalue weighted by atomic mass is 9.97. The van der Waals surface area contributed by atoms with E-state index < -0.39 is 77.9 Å². The normalized spacial score (nSPS) is 19.7. The number of carbonyl (C=O) groups is 1. The molecule has 3 unspecified atom stereocenters. The molecule has 1 saturated heterocycles. The van der Waals surface area contributed by atoms with E-state index in [0.29, 0.717) is 48.6 Å². The number of esters is 1. The molecule has 0 spiro atoms. The molecule has 1 heterocycles. The maximum absolute atomic E-state index is 13.6. The Morgan fingerprint density at radius 2 is 1.45 bits per heavy atom. The van der Waals surface area contributed by atoms with Gasteiger partial charge in [0, 0.05) is 25.0 Å². The van der Waals surface area contributed by atoms with Crippen molar-refractivity contribution in [1.82, 2.24) is 10.8 Å². The predicted molar refractivity (Wildman–Crippen MR) is 197 cm³/mol. The SMILES string of the molecule is N/N=C(\C=NCCOCCC(=O)Oc1c(F)c(F)c(F)c(F)c1F)COCCOCCOCCNC(=S)Nc1ccc(O[C@H]2OC(CCNO)[C@@H](O)C(O)C2O)cc1. The molecule has 0 aliphatic carbocycles. The number of halogens is 5. The van der Waals surface area contributed by atoms with Gasteiger partial charge in [-0.3, -0.25) is 9.79 Å². The lowest BCUT2D eigenvalue weighted by Gasteiger charge is -2.40. The quantitative estimate of drug-likeness (QED) is 0.00653. The molecule has 2 aromatic carbocycles. The molecule has 0 aromatic heterocycles. The number of hydrazone groups is 1. The Morgan fingerprint density at radius 1 is 0.828 bits per heavy atom. The van der Waals surface area contributed by atoms with Crippen LogP contribution in [-0.4, -0.2) is 147 Å². The Balaban J connectivity index is 1.16. The number of anilines is 1. The molecular formula is C34H45F5N6O12S. The number of carbonyl (C=O) groups excluding carboxylic acids is 1. The van der Waals surface area contributed by atoms with Crippen molar-refractivity contribution in [3.05, 3.63) is 53.4 Å². The van der Waals surface area contributed by atoms with E-state index in [1.165, 1.54) is 6.21 Å². The zero-order chi connectivity index (χ0) is 42.5. The van der Waals surface area contributed by atoms with Gasteiger partial charge >= 0.3 is 5.97 Å². The minimum Gasteiger partial charge on any atom is -0.462 e. The summed E-state index contributed by atoms with van der Waals surface area (Å²) in [5.41, 5.74) is 2.89. The van der Waals surface area contributed by atoms with Gasteiger partial charge in [-0.2, -0.15) is 13.9 Å². The second-order valence-corrected chi connectivity index (χ2v) is 12.3. The third kappa shape index (κ3) is 15.9. The highest BCUT2D eigenvalue weighted by Crippen LogP contribution is 2.30. The van der Waals surface area contributed by atoms with Crippen LogP contribution in [0, 0.1) is 29.1 Å². The summed E-state index contributed by atoms with van der Waals surface area (Å²) in [4.78, 5) is 15.8. The van der Waals surface area contributed by atoms with Gasteiger partial charge in [0.15, 0.2) is 5.11 Å². The van der Waals surface area contributed by atoms with E-state index in [9.17, 15) is 42.1 Å². The number of nitrogens with zero attached hydrogens (tertiary/aromatic N) is 2. The van der Waals surface area contributed by atoms with Crippen LogP contribution in [-0.2, 0) is 28.5 Å². The third-order valence-electron chi connectivity index (χ3n) is 7.71. The highest BCUT2D eigenvalue weighted by molar-refractivity contribution is 7.80. The largest absolute Gasteiger partial charge is 0.462 e. The highest BCUT2D eigenvalue weighted by atomic mass is 32.1. The Labute approximate surface area is 334 Å². The van der Waals surface area contributed by atoms with Crippen LogP contribution in [0.3, 0.4) is 0 Å². The van der Waals surface area contributed by atoms with Crippen molar-refractivity contribution in [3.8, 4) is 11.5 Å². The molecule has 58 heavy (non-hydrogen) atoms. The van der Waals surface area contributed by atoms with Crippen LogP contribution in [0.15, 0.2) is 34.4 Å². The summed E-state index contributed by atoms with van der Waals surface area (Å²) in [6.07, 6.45) is -5.50. The smallest absolute Gasteiger partial charge is 0.313 e. The van der Waals surface area contributed by atoms with Crippen molar-refractivity contribution in [1.29, 1.82) is 0 Å². The van der Waals surface area contributed by atoms with Gasteiger partial charge in [-0.1, -0.05) is 0 Å². The number of nitrogens with one attached hydrogen (secondary N) is 3. The van der Waals surface area contributed by atoms with Crippen molar-refractivity contribution in [3.63, 3.8) is 0 Å². The molecule has 5 atom stereocenters. The van der Waals surface area contributed by atoms with Crippen LogP contribution in [0.2, 0.25) is 0 Å². The number of hydrogen-bond acceptors (Lipinski definition) is 17. The van der Waals surface area contributed by atoms with Crippen LogP contribution < -0.4 is 31.4 Å². The maximum atomic E-state index is 13.6. The van der Waals surface area contributed by atoms with E-state index in [1.807, 2.05) is 5.48 Å². The number of hydrogen-bond donors (Lipinski definition) is 8. The fourth-order valence-electron chi connectivity index (χ4n) is 4.73. The molecule has 1 fully saturated rings. The summed E-state index contributed by atoms with van der Waals surface area (Å²) >= 11 is 5.30. The Hall–Kier alpha value is -4.21. The summed E-state index contributed by atoms with van der Waals surface area (Å²) in [5.74, 6) is -8.69. The first-order chi connectivity index (χ1) is 27.9. The van der Waals surface area contributed by atoms with Crippen LogP contribution in [0.5, 0.6) is 11.5 Å². The van der Waals surface area contributed by atoms with Crippen molar-refractivity contribution >= 4 is 40.9 Å². The minimum absolute atomic E-state index is 0.00618. The van der Waals surface area contributed by atoms with E-state index in [1.54, 1.807) is 24.3 Å².